The minimum Gasteiger partial charge on any atom is -0.384 e. The van der Waals surface area contributed by atoms with Crippen molar-refractivity contribution in [2.24, 2.45) is 0 Å². The summed E-state index contributed by atoms with van der Waals surface area (Å²) in [6, 6.07) is 16.9. The van der Waals surface area contributed by atoms with Gasteiger partial charge in [-0.3, -0.25) is 0 Å². The molecule has 3 heteroatoms. The lowest BCUT2D eigenvalue weighted by atomic mass is 10.0. The van der Waals surface area contributed by atoms with E-state index >= 15 is 0 Å². The molecule has 1 heterocycles. The third-order valence-electron chi connectivity index (χ3n) is 4.86. The first kappa shape index (κ1) is 17.7. The van der Waals surface area contributed by atoms with E-state index in [1.165, 1.54) is 22.0 Å². The SMILES string of the molecule is C=c1cccc/c1=C(\NCCCN1CCNCC1)c1ccccc1C. The van der Waals surface area contributed by atoms with Crippen molar-refractivity contribution >= 4 is 12.3 Å². The van der Waals surface area contributed by atoms with E-state index in [1.807, 2.05) is 6.07 Å². The number of nitrogens with zero attached hydrogens (tertiary/aromatic N) is 1. The molecule has 2 N–H and O–H groups in total. The lowest BCUT2D eigenvalue weighted by Gasteiger charge is -2.27. The van der Waals surface area contributed by atoms with Gasteiger partial charge in [0.25, 0.3) is 0 Å². The summed E-state index contributed by atoms with van der Waals surface area (Å²) in [5, 5.41) is 9.38. The van der Waals surface area contributed by atoms with E-state index in [4.69, 9.17) is 0 Å². The summed E-state index contributed by atoms with van der Waals surface area (Å²) in [6.45, 7) is 13.1. The Morgan fingerprint density at radius 3 is 2.56 bits per heavy atom. The molecule has 0 amide bonds. The molecule has 0 aromatic heterocycles. The normalized spacial score (nSPS) is 16.5. The van der Waals surface area contributed by atoms with Gasteiger partial charge in [0.2, 0.25) is 0 Å². The van der Waals surface area contributed by atoms with Crippen molar-refractivity contribution in [2.75, 3.05) is 39.3 Å². The van der Waals surface area contributed by atoms with Crippen LogP contribution < -0.4 is 21.1 Å². The maximum Gasteiger partial charge on any atom is 0.0495 e. The molecule has 25 heavy (non-hydrogen) atoms. The van der Waals surface area contributed by atoms with Crippen LogP contribution in [0.25, 0.3) is 12.3 Å². The fraction of sp³-hybridized carbons (Fsp3) is 0.364. The highest BCUT2D eigenvalue weighted by Gasteiger charge is 2.09. The number of rotatable bonds is 6. The average molecular weight is 335 g/mol. The predicted molar refractivity (Wildman–Crippen MR) is 107 cm³/mol. The lowest BCUT2D eigenvalue weighted by Crippen LogP contribution is -2.44. The van der Waals surface area contributed by atoms with Crippen LogP contribution in [-0.4, -0.2) is 44.2 Å². The van der Waals surface area contributed by atoms with Gasteiger partial charge in [0.05, 0.1) is 0 Å². The maximum absolute atomic E-state index is 4.22. The minimum atomic E-state index is 0.974. The molecule has 2 aromatic rings. The standard InChI is InChI=1S/C22H29N3/c1-18-8-3-5-10-20(18)22(21-11-6-4-9-19(21)2)24-12-7-15-25-16-13-23-14-17-25/h3-6,8-11,23-24H,1,7,12-17H2,2H3/b22-20+. The van der Waals surface area contributed by atoms with Gasteiger partial charge in [-0.2, -0.15) is 0 Å². The molecule has 0 atom stereocenters. The van der Waals surface area contributed by atoms with E-state index in [0.29, 0.717) is 0 Å². The zero-order chi connectivity index (χ0) is 17.5. The first-order valence-electron chi connectivity index (χ1n) is 9.27. The van der Waals surface area contributed by atoms with Crippen LogP contribution in [0.3, 0.4) is 0 Å². The largest absolute Gasteiger partial charge is 0.384 e. The Morgan fingerprint density at radius 2 is 1.80 bits per heavy atom. The number of hydrogen-bond donors (Lipinski definition) is 2. The van der Waals surface area contributed by atoms with Gasteiger partial charge >= 0.3 is 0 Å². The number of nitrogens with one attached hydrogen (secondary N) is 2. The van der Waals surface area contributed by atoms with Gasteiger partial charge in [0, 0.05) is 49.2 Å². The Hall–Kier alpha value is -2.10. The topological polar surface area (TPSA) is 27.3 Å². The molecule has 3 rings (SSSR count). The van der Waals surface area contributed by atoms with Crippen molar-refractivity contribution in [1.82, 2.24) is 15.5 Å². The van der Waals surface area contributed by atoms with E-state index in [1.54, 1.807) is 0 Å². The number of hydrogen-bond acceptors (Lipinski definition) is 3. The fourth-order valence-corrected chi connectivity index (χ4v) is 3.40. The van der Waals surface area contributed by atoms with Gasteiger partial charge < -0.3 is 15.5 Å². The Bertz CT molecular complexity index is 791. The second-order valence-electron chi connectivity index (χ2n) is 6.72. The molecule has 3 nitrogen and oxygen atoms in total. The molecule has 0 saturated carbocycles. The summed E-state index contributed by atoms with van der Waals surface area (Å²) in [4.78, 5) is 2.54. The Kier molecular flexibility index (Phi) is 6.26. The van der Waals surface area contributed by atoms with E-state index < -0.39 is 0 Å². The summed E-state index contributed by atoms with van der Waals surface area (Å²) in [5.74, 6) is 0. The van der Waals surface area contributed by atoms with Crippen molar-refractivity contribution < 1.29 is 0 Å². The van der Waals surface area contributed by atoms with Gasteiger partial charge in [-0.15, -0.1) is 0 Å². The molecule has 1 fully saturated rings. The van der Waals surface area contributed by atoms with Crippen LogP contribution in [0.1, 0.15) is 17.5 Å². The molecule has 1 saturated heterocycles. The molecule has 0 unspecified atom stereocenters. The quantitative estimate of drug-likeness (QED) is 0.783. The van der Waals surface area contributed by atoms with Crippen LogP contribution in [-0.2, 0) is 0 Å². The molecule has 132 valence electrons. The summed E-state index contributed by atoms with van der Waals surface area (Å²) in [6.07, 6.45) is 1.15. The Labute approximate surface area is 151 Å². The molecule has 0 spiro atoms. The van der Waals surface area contributed by atoms with Crippen molar-refractivity contribution in [3.63, 3.8) is 0 Å². The van der Waals surface area contributed by atoms with Crippen LogP contribution in [0.2, 0.25) is 0 Å². The smallest absolute Gasteiger partial charge is 0.0495 e. The van der Waals surface area contributed by atoms with Crippen molar-refractivity contribution in [3.05, 3.63) is 70.1 Å². The van der Waals surface area contributed by atoms with Crippen LogP contribution in [0, 0.1) is 6.92 Å². The number of piperazine rings is 1. The molecule has 2 aromatic carbocycles. The van der Waals surface area contributed by atoms with Crippen LogP contribution in [0.15, 0.2) is 48.5 Å². The highest BCUT2D eigenvalue weighted by atomic mass is 15.2. The van der Waals surface area contributed by atoms with Crippen LogP contribution in [0.5, 0.6) is 0 Å². The maximum atomic E-state index is 4.22. The van der Waals surface area contributed by atoms with Crippen molar-refractivity contribution in [3.8, 4) is 0 Å². The van der Waals surface area contributed by atoms with Gasteiger partial charge in [0.1, 0.15) is 0 Å². The molecule has 0 bridgehead atoms. The average Bonchev–Trinajstić information content (AvgIpc) is 2.64. The van der Waals surface area contributed by atoms with Gasteiger partial charge in [-0.1, -0.05) is 55.1 Å². The zero-order valence-corrected chi connectivity index (χ0v) is 15.2. The molecule has 1 aliphatic heterocycles. The third kappa shape index (κ3) is 4.71. The molecule has 0 aliphatic carbocycles. The van der Waals surface area contributed by atoms with Gasteiger partial charge in [-0.25, -0.2) is 0 Å². The van der Waals surface area contributed by atoms with Gasteiger partial charge in [-0.05, 0) is 30.7 Å². The van der Waals surface area contributed by atoms with E-state index in [9.17, 15) is 0 Å². The zero-order valence-electron chi connectivity index (χ0n) is 15.2. The Morgan fingerprint density at radius 1 is 1.08 bits per heavy atom. The first-order chi connectivity index (χ1) is 12.3. The fourth-order valence-electron chi connectivity index (χ4n) is 3.40. The summed E-state index contributed by atoms with van der Waals surface area (Å²) in [7, 11) is 0. The van der Waals surface area contributed by atoms with Crippen molar-refractivity contribution in [1.29, 1.82) is 0 Å². The number of benzene rings is 2. The van der Waals surface area contributed by atoms with Crippen LogP contribution >= 0.6 is 0 Å². The molecule has 0 radical (unpaired) electrons. The van der Waals surface area contributed by atoms with E-state index in [2.05, 4.69) is 71.5 Å². The lowest BCUT2D eigenvalue weighted by molar-refractivity contribution is 0.239. The van der Waals surface area contributed by atoms with E-state index in [-0.39, 0.29) is 0 Å². The second-order valence-corrected chi connectivity index (χ2v) is 6.72. The highest BCUT2D eigenvalue weighted by Crippen LogP contribution is 2.13. The van der Waals surface area contributed by atoms with Crippen molar-refractivity contribution in [2.45, 2.75) is 13.3 Å². The highest BCUT2D eigenvalue weighted by molar-refractivity contribution is 5.66. The van der Waals surface area contributed by atoms with Crippen LogP contribution in [0.4, 0.5) is 0 Å². The van der Waals surface area contributed by atoms with Gasteiger partial charge in [0.15, 0.2) is 0 Å². The first-order valence-corrected chi connectivity index (χ1v) is 9.27. The summed E-state index contributed by atoms with van der Waals surface area (Å²) < 4.78 is 0. The second kappa shape index (κ2) is 8.84. The number of aryl methyl sites for hydroxylation is 1. The molecule has 1 aliphatic rings. The third-order valence-corrected chi connectivity index (χ3v) is 4.86. The van der Waals surface area contributed by atoms with E-state index in [0.717, 1.165) is 50.9 Å². The minimum absolute atomic E-state index is 0.974. The predicted octanol–water partition coefficient (Wildman–Crippen LogP) is 1.45. The summed E-state index contributed by atoms with van der Waals surface area (Å²) >= 11 is 0. The Balaban J connectivity index is 1.77. The summed E-state index contributed by atoms with van der Waals surface area (Å²) in [5.41, 5.74) is 3.75. The molecular formula is C22H29N3. The monoisotopic (exact) mass is 335 g/mol. The molecular weight excluding hydrogens is 306 g/mol.